The SMILES string of the molecule is O=C(c1ccccc1F)N1CCN(Cc2cc(=O)n3ccccc3n2)CC1. The van der Waals surface area contributed by atoms with E-state index in [4.69, 9.17) is 0 Å². The summed E-state index contributed by atoms with van der Waals surface area (Å²) in [6.07, 6.45) is 1.70. The molecule has 0 atom stereocenters. The third kappa shape index (κ3) is 3.59. The standard InChI is InChI=1S/C20H19FN4O2/c21-17-6-2-1-5-16(17)20(27)24-11-9-23(10-12-24)14-15-13-19(26)25-8-4-3-7-18(25)22-15/h1-8,13H,9-12,14H2. The molecule has 3 aromatic rings. The van der Waals surface area contributed by atoms with Gasteiger partial charge in [-0.15, -0.1) is 0 Å². The fourth-order valence-corrected chi connectivity index (χ4v) is 3.33. The van der Waals surface area contributed by atoms with Crippen LogP contribution in [0.2, 0.25) is 0 Å². The highest BCUT2D eigenvalue weighted by atomic mass is 19.1. The topological polar surface area (TPSA) is 57.9 Å². The molecule has 3 heterocycles. The van der Waals surface area contributed by atoms with E-state index in [1.54, 1.807) is 41.4 Å². The van der Waals surface area contributed by atoms with Crippen molar-refractivity contribution >= 4 is 11.6 Å². The summed E-state index contributed by atoms with van der Waals surface area (Å²) in [7, 11) is 0. The molecule has 1 aromatic carbocycles. The number of nitrogens with zero attached hydrogens (tertiary/aromatic N) is 4. The maximum absolute atomic E-state index is 13.8. The monoisotopic (exact) mass is 366 g/mol. The normalized spacial score (nSPS) is 15.2. The first-order valence-corrected chi connectivity index (χ1v) is 8.85. The Labute approximate surface area is 155 Å². The number of benzene rings is 1. The molecule has 27 heavy (non-hydrogen) atoms. The Kier molecular flexibility index (Phi) is 4.68. The Morgan fingerprint density at radius 3 is 2.56 bits per heavy atom. The van der Waals surface area contributed by atoms with Gasteiger partial charge in [-0.1, -0.05) is 18.2 Å². The smallest absolute Gasteiger partial charge is 0.258 e. The summed E-state index contributed by atoms with van der Waals surface area (Å²) in [6, 6.07) is 13.0. The van der Waals surface area contributed by atoms with Crippen LogP contribution in [0, 0.1) is 5.82 Å². The van der Waals surface area contributed by atoms with Crippen LogP contribution >= 0.6 is 0 Å². The lowest BCUT2D eigenvalue weighted by molar-refractivity contribution is 0.0622. The number of halogens is 1. The quantitative estimate of drug-likeness (QED) is 0.709. The molecule has 1 amide bonds. The minimum atomic E-state index is -0.495. The summed E-state index contributed by atoms with van der Waals surface area (Å²) in [4.78, 5) is 33.0. The number of carbonyl (C=O) groups is 1. The zero-order valence-corrected chi connectivity index (χ0v) is 14.7. The molecule has 0 N–H and O–H groups in total. The van der Waals surface area contributed by atoms with Crippen LogP contribution in [0.1, 0.15) is 16.1 Å². The van der Waals surface area contributed by atoms with E-state index in [9.17, 15) is 14.0 Å². The van der Waals surface area contributed by atoms with Gasteiger partial charge in [0.2, 0.25) is 0 Å². The Morgan fingerprint density at radius 1 is 1.04 bits per heavy atom. The van der Waals surface area contributed by atoms with Gasteiger partial charge in [-0.2, -0.15) is 0 Å². The summed E-state index contributed by atoms with van der Waals surface area (Å²) in [5.74, 6) is -0.777. The number of aromatic nitrogens is 2. The van der Waals surface area contributed by atoms with Gasteiger partial charge in [-0.25, -0.2) is 9.37 Å². The lowest BCUT2D eigenvalue weighted by Gasteiger charge is -2.34. The molecule has 6 nitrogen and oxygen atoms in total. The van der Waals surface area contributed by atoms with Crippen molar-refractivity contribution in [2.24, 2.45) is 0 Å². The molecule has 0 saturated carbocycles. The molecule has 1 saturated heterocycles. The Balaban J connectivity index is 1.42. The van der Waals surface area contributed by atoms with Crippen LogP contribution in [0.5, 0.6) is 0 Å². The fraction of sp³-hybridized carbons (Fsp3) is 0.250. The van der Waals surface area contributed by atoms with Gasteiger partial charge in [0.05, 0.1) is 11.3 Å². The zero-order valence-electron chi connectivity index (χ0n) is 14.7. The Morgan fingerprint density at radius 2 is 1.78 bits per heavy atom. The number of carbonyl (C=O) groups excluding carboxylic acids is 1. The van der Waals surface area contributed by atoms with Crippen molar-refractivity contribution in [3.63, 3.8) is 0 Å². The molecule has 1 fully saturated rings. The van der Waals surface area contributed by atoms with E-state index in [0.717, 1.165) is 0 Å². The summed E-state index contributed by atoms with van der Waals surface area (Å²) >= 11 is 0. The lowest BCUT2D eigenvalue weighted by Crippen LogP contribution is -2.48. The van der Waals surface area contributed by atoms with Gasteiger partial charge in [0.1, 0.15) is 11.5 Å². The molecule has 1 aliphatic heterocycles. The lowest BCUT2D eigenvalue weighted by atomic mass is 10.1. The second-order valence-corrected chi connectivity index (χ2v) is 6.56. The van der Waals surface area contributed by atoms with Crippen LogP contribution in [0.4, 0.5) is 4.39 Å². The maximum Gasteiger partial charge on any atom is 0.258 e. The van der Waals surface area contributed by atoms with Crippen molar-refractivity contribution in [1.29, 1.82) is 0 Å². The number of piperazine rings is 1. The fourth-order valence-electron chi connectivity index (χ4n) is 3.33. The molecule has 4 rings (SSSR count). The highest BCUT2D eigenvalue weighted by molar-refractivity contribution is 5.94. The first-order valence-electron chi connectivity index (χ1n) is 8.85. The first kappa shape index (κ1) is 17.4. The van der Waals surface area contributed by atoms with Crippen LogP contribution in [-0.4, -0.2) is 51.3 Å². The van der Waals surface area contributed by atoms with E-state index in [1.807, 2.05) is 6.07 Å². The van der Waals surface area contributed by atoms with Crippen molar-refractivity contribution in [2.45, 2.75) is 6.54 Å². The summed E-state index contributed by atoms with van der Waals surface area (Å²) in [5.41, 5.74) is 1.33. The molecular weight excluding hydrogens is 347 g/mol. The Bertz CT molecular complexity index is 1040. The van der Waals surface area contributed by atoms with Gasteiger partial charge in [-0.05, 0) is 24.3 Å². The highest BCUT2D eigenvalue weighted by Gasteiger charge is 2.24. The molecule has 138 valence electrons. The number of fused-ring (bicyclic) bond motifs is 1. The van der Waals surface area contributed by atoms with E-state index in [0.29, 0.717) is 44.1 Å². The van der Waals surface area contributed by atoms with E-state index in [1.165, 1.54) is 16.5 Å². The summed E-state index contributed by atoms with van der Waals surface area (Å²) in [5, 5.41) is 0. The maximum atomic E-state index is 13.8. The van der Waals surface area contributed by atoms with Crippen molar-refractivity contribution in [3.8, 4) is 0 Å². The van der Waals surface area contributed by atoms with Gasteiger partial charge in [0.15, 0.2) is 0 Å². The van der Waals surface area contributed by atoms with Crippen LogP contribution in [0.25, 0.3) is 5.65 Å². The average Bonchev–Trinajstić information content (AvgIpc) is 2.68. The van der Waals surface area contributed by atoms with Gasteiger partial charge in [-0.3, -0.25) is 18.9 Å². The molecule has 1 aliphatic rings. The minimum absolute atomic E-state index is 0.107. The van der Waals surface area contributed by atoms with Crippen molar-refractivity contribution < 1.29 is 9.18 Å². The van der Waals surface area contributed by atoms with Gasteiger partial charge < -0.3 is 4.90 Å². The third-order valence-electron chi connectivity index (χ3n) is 4.77. The molecule has 2 aromatic heterocycles. The predicted octanol–water partition coefficient (Wildman–Crippen LogP) is 1.79. The third-order valence-corrected chi connectivity index (χ3v) is 4.77. The van der Waals surface area contributed by atoms with Crippen LogP contribution in [-0.2, 0) is 6.54 Å². The van der Waals surface area contributed by atoms with E-state index >= 15 is 0 Å². The highest BCUT2D eigenvalue weighted by Crippen LogP contribution is 2.13. The van der Waals surface area contributed by atoms with Crippen LogP contribution < -0.4 is 5.56 Å². The van der Waals surface area contributed by atoms with Crippen molar-refractivity contribution in [1.82, 2.24) is 19.2 Å². The second kappa shape index (κ2) is 7.28. The number of rotatable bonds is 3. The average molecular weight is 366 g/mol. The number of amides is 1. The zero-order chi connectivity index (χ0) is 18.8. The minimum Gasteiger partial charge on any atom is -0.336 e. The molecule has 0 unspecified atom stereocenters. The number of hydrogen-bond donors (Lipinski definition) is 0. The number of hydrogen-bond acceptors (Lipinski definition) is 4. The molecule has 7 heteroatoms. The first-order chi connectivity index (χ1) is 13.1. The molecular formula is C20H19FN4O2. The Hall–Kier alpha value is -3.06. The second-order valence-electron chi connectivity index (χ2n) is 6.56. The van der Waals surface area contributed by atoms with E-state index in [2.05, 4.69) is 9.88 Å². The van der Waals surface area contributed by atoms with E-state index in [-0.39, 0.29) is 17.0 Å². The predicted molar refractivity (Wildman–Crippen MR) is 99.0 cm³/mol. The summed E-state index contributed by atoms with van der Waals surface area (Å²) < 4.78 is 15.3. The van der Waals surface area contributed by atoms with Crippen molar-refractivity contribution in [3.05, 3.63) is 82.2 Å². The van der Waals surface area contributed by atoms with Gasteiger partial charge in [0, 0.05) is 45.0 Å². The largest absolute Gasteiger partial charge is 0.336 e. The van der Waals surface area contributed by atoms with Gasteiger partial charge >= 0.3 is 0 Å². The number of pyridine rings is 1. The molecule has 0 radical (unpaired) electrons. The molecule has 0 spiro atoms. The van der Waals surface area contributed by atoms with Crippen LogP contribution in [0.3, 0.4) is 0 Å². The summed E-state index contributed by atoms with van der Waals surface area (Å²) in [6.45, 7) is 2.87. The molecule has 0 aliphatic carbocycles. The van der Waals surface area contributed by atoms with Crippen molar-refractivity contribution in [2.75, 3.05) is 26.2 Å². The van der Waals surface area contributed by atoms with Gasteiger partial charge in [0.25, 0.3) is 11.5 Å². The van der Waals surface area contributed by atoms with E-state index < -0.39 is 5.82 Å². The molecule has 0 bridgehead atoms. The van der Waals surface area contributed by atoms with Crippen LogP contribution in [0.15, 0.2) is 59.5 Å².